The molecule has 4 nitrogen and oxygen atoms in total. The molecule has 100 valence electrons. The lowest BCUT2D eigenvalue weighted by molar-refractivity contribution is 0.312. The van der Waals surface area contributed by atoms with E-state index in [1.54, 1.807) is 0 Å². The maximum absolute atomic E-state index is 5.78. The standard InChI is InChI=1S/C14H24N4/c1-11(2)13-8-12(10-15)9-14(16-13)18-6-4-17(3)5-7-18/h8-9,11H,4-7,10,15H2,1-3H3. The molecule has 2 heterocycles. The second-order valence-electron chi connectivity index (χ2n) is 5.41. The summed E-state index contributed by atoms with van der Waals surface area (Å²) in [7, 11) is 2.17. The molecule has 0 spiro atoms. The van der Waals surface area contributed by atoms with Gasteiger partial charge in [-0.3, -0.25) is 0 Å². The van der Waals surface area contributed by atoms with Crippen LogP contribution in [-0.4, -0.2) is 43.1 Å². The normalized spacial score (nSPS) is 17.5. The zero-order chi connectivity index (χ0) is 13.1. The van der Waals surface area contributed by atoms with Crippen LogP contribution in [0.15, 0.2) is 12.1 Å². The number of hydrogen-bond acceptors (Lipinski definition) is 4. The molecule has 0 aromatic carbocycles. The first-order valence-corrected chi connectivity index (χ1v) is 6.74. The lowest BCUT2D eigenvalue weighted by Crippen LogP contribution is -2.44. The fourth-order valence-corrected chi connectivity index (χ4v) is 2.21. The highest BCUT2D eigenvalue weighted by Crippen LogP contribution is 2.21. The third-order valence-electron chi connectivity index (χ3n) is 3.55. The summed E-state index contributed by atoms with van der Waals surface area (Å²) in [5, 5.41) is 0. The number of nitrogens with zero attached hydrogens (tertiary/aromatic N) is 3. The monoisotopic (exact) mass is 248 g/mol. The maximum Gasteiger partial charge on any atom is 0.129 e. The summed E-state index contributed by atoms with van der Waals surface area (Å²) in [5.74, 6) is 1.54. The molecule has 1 aliphatic heterocycles. The first kappa shape index (κ1) is 13.3. The average molecular weight is 248 g/mol. The third-order valence-corrected chi connectivity index (χ3v) is 3.55. The van der Waals surface area contributed by atoms with Gasteiger partial charge in [0.2, 0.25) is 0 Å². The van der Waals surface area contributed by atoms with Gasteiger partial charge in [0.25, 0.3) is 0 Å². The fourth-order valence-electron chi connectivity index (χ4n) is 2.21. The van der Waals surface area contributed by atoms with Crippen LogP contribution >= 0.6 is 0 Å². The zero-order valence-electron chi connectivity index (χ0n) is 11.7. The molecule has 1 fully saturated rings. The summed E-state index contributed by atoms with van der Waals surface area (Å²) in [6, 6.07) is 4.27. The SMILES string of the molecule is CC(C)c1cc(CN)cc(N2CCN(C)CC2)n1. The highest BCUT2D eigenvalue weighted by molar-refractivity contribution is 5.43. The van der Waals surface area contributed by atoms with Crippen molar-refractivity contribution in [2.24, 2.45) is 5.73 Å². The molecule has 4 heteroatoms. The van der Waals surface area contributed by atoms with Crippen LogP contribution in [0.3, 0.4) is 0 Å². The van der Waals surface area contributed by atoms with Gasteiger partial charge in [-0.05, 0) is 30.7 Å². The minimum absolute atomic E-state index is 0.447. The van der Waals surface area contributed by atoms with Crippen LogP contribution in [0.1, 0.15) is 31.0 Å². The van der Waals surface area contributed by atoms with Crippen LogP contribution in [0.25, 0.3) is 0 Å². The molecule has 0 aliphatic carbocycles. The van der Waals surface area contributed by atoms with Gasteiger partial charge in [-0.2, -0.15) is 0 Å². The molecule has 2 rings (SSSR count). The Morgan fingerprint density at radius 2 is 1.89 bits per heavy atom. The predicted octanol–water partition coefficient (Wildman–Crippen LogP) is 1.42. The number of nitrogens with two attached hydrogens (primary N) is 1. The van der Waals surface area contributed by atoms with Crippen molar-refractivity contribution >= 4 is 5.82 Å². The van der Waals surface area contributed by atoms with Crippen molar-refractivity contribution in [2.45, 2.75) is 26.3 Å². The van der Waals surface area contributed by atoms with E-state index in [1.165, 1.54) is 5.56 Å². The lowest BCUT2D eigenvalue weighted by Gasteiger charge is -2.33. The molecule has 0 radical (unpaired) electrons. The summed E-state index contributed by atoms with van der Waals surface area (Å²) >= 11 is 0. The molecule has 2 N–H and O–H groups in total. The number of anilines is 1. The summed E-state index contributed by atoms with van der Waals surface area (Å²) in [6.45, 7) is 9.25. The molecule has 18 heavy (non-hydrogen) atoms. The molecular formula is C14H24N4. The predicted molar refractivity (Wildman–Crippen MR) is 75.9 cm³/mol. The van der Waals surface area contributed by atoms with Gasteiger partial charge in [0, 0.05) is 38.4 Å². The first-order chi connectivity index (χ1) is 8.60. The Morgan fingerprint density at radius 1 is 1.22 bits per heavy atom. The topological polar surface area (TPSA) is 45.4 Å². The molecule has 0 saturated carbocycles. The molecule has 1 aromatic rings. The Hall–Kier alpha value is -1.13. The molecule has 0 amide bonds. The molecule has 1 aliphatic rings. The minimum Gasteiger partial charge on any atom is -0.354 e. The van der Waals surface area contributed by atoms with Gasteiger partial charge >= 0.3 is 0 Å². The van der Waals surface area contributed by atoms with Gasteiger partial charge in [0.1, 0.15) is 5.82 Å². The van der Waals surface area contributed by atoms with Gasteiger partial charge < -0.3 is 15.5 Å². The van der Waals surface area contributed by atoms with Crippen molar-refractivity contribution in [2.75, 3.05) is 38.1 Å². The van der Waals surface area contributed by atoms with Crippen LogP contribution in [-0.2, 0) is 6.54 Å². The van der Waals surface area contributed by atoms with Gasteiger partial charge in [0.15, 0.2) is 0 Å². The van der Waals surface area contributed by atoms with E-state index in [9.17, 15) is 0 Å². The van der Waals surface area contributed by atoms with Gasteiger partial charge in [-0.1, -0.05) is 13.8 Å². The molecule has 0 unspecified atom stereocenters. The van der Waals surface area contributed by atoms with E-state index in [0.717, 1.165) is 37.7 Å². The van der Waals surface area contributed by atoms with E-state index in [4.69, 9.17) is 10.7 Å². The van der Waals surface area contributed by atoms with E-state index in [1.807, 2.05) is 0 Å². The molecule has 0 bridgehead atoms. The smallest absolute Gasteiger partial charge is 0.129 e. The maximum atomic E-state index is 5.78. The molecule has 1 saturated heterocycles. The summed E-state index contributed by atoms with van der Waals surface area (Å²) in [4.78, 5) is 9.50. The Bertz CT molecular complexity index is 395. The number of hydrogen-bond donors (Lipinski definition) is 1. The van der Waals surface area contributed by atoms with Gasteiger partial charge in [-0.25, -0.2) is 4.98 Å². The highest BCUT2D eigenvalue weighted by Gasteiger charge is 2.16. The van der Waals surface area contributed by atoms with E-state index < -0.39 is 0 Å². The van der Waals surface area contributed by atoms with Crippen molar-refractivity contribution in [3.05, 3.63) is 23.4 Å². The summed E-state index contributed by atoms with van der Waals surface area (Å²) in [5.41, 5.74) is 8.11. The van der Waals surface area contributed by atoms with E-state index in [2.05, 4.69) is 42.8 Å². The number of likely N-dealkylation sites (N-methyl/N-ethyl adjacent to an activating group) is 1. The van der Waals surface area contributed by atoms with Crippen molar-refractivity contribution < 1.29 is 0 Å². The van der Waals surface area contributed by atoms with Crippen molar-refractivity contribution in [1.29, 1.82) is 0 Å². The largest absolute Gasteiger partial charge is 0.354 e. The van der Waals surface area contributed by atoms with Crippen LogP contribution < -0.4 is 10.6 Å². The second-order valence-corrected chi connectivity index (χ2v) is 5.41. The van der Waals surface area contributed by atoms with Crippen LogP contribution in [0.2, 0.25) is 0 Å². The van der Waals surface area contributed by atoms with Crippen LogP contribution in [0.4, 0.5) is 5.82 Å². The quantitative estimate of drug-likeness (QED) is 0.878. The Kier molecular flexibility index (Phi) is 4.19. The molecular weight excluding hydrogens is 224 g/mol. The zero-order valence-corrected chi connectivity index (χ0v) is 11.7. The van der Waals surface area contributed by atoms with Gasteiger partial charge in [-0.15, -0.1) is 0 Å². The minimum atomic E-state index is 0.447. The number of rotatable bonds is 3. The highest BCUT2D eigenvalue weighted by atomic mass is 15.3. The summed E-state index contributed by atoms with van der Waals surface area (Å²) in [6.07, 6.45) is 0. The number of aromatic nitrogens is 1. The molecule has 1 aromatic heterocycles. The van der Waals surface area contributed by atoms with E-state index in [-0.39, 0.29) is 0 Å². The van der Waals surface area contributed by atoms with E-state index in [0.29, 0.717) is 12.5 Å². The Balaban J connectivity index is 2.23. The first-order valence-electron chi connectivity index (χ1n) is 6.74. The van der Waals surface area contributed by atoms with Crippen molar-refractivity contribution in [3.8, 4) is 0 Å². The Labute approximate surface area is 110 Å². The van der Waals surface area contributed by atoms with Gasteiger partial charge in [0.05, 0.1) is 0 Å². The van der Waals surface area contributed by atoms with E-state index >= 15 is 0 Å². The van der Waals surface area contributed by atoms with Crippen LogP contribution in [0.5, 0.6) is 0 Å². The van der Waals surface area contributed by atoms with Crippen LogP contribution in [0, 0.1) is 0 Å². The third kappa shape index (κ3) is 3.00. The van der Waals surface area contributed by atoms with Crippen molar-refractivity contribution in [1.82, 2.24) is 9.88 Å². The molecule has 0 atom stereocenters. The summed E-state index contributed by atoms with van der Waals surface area (Å²) < 4.78 is 0. The second kappa shape index (κ2) is 5.67. The fraction of sp³-hybridized carbons (Fsp3) is 0.643. The number of piperazine rings is 1. The Morgan fingerprint density at radius 3 is 2.44 bits per heavy atom. The number of pyridine rings is 1. The lowest BCUT2D eigenvalue weighted by atomic mass is 10.1. The average Bonchev–Trinajstić information content (AvgIpc) is 2.39. The van der Waals surface area contributed by atoms with Crippen molar-refractivity contribution in [3.63, 3.8) is 0 Å².